The van der Waals surface area contributed by atoms with Gasteiger partial charge in [0.25, 0.3) is 21.8 Å². The van der Waals surface area contributed by atoms with E-state index in [1.165, 1.54) is 31.3 Å². The Hall–Kier alpha value is -2.27. The monoisotopic (exact) mass is 453 g/mol. The van der Waals surface area contributed by atoms with Crippen molar-refractivity contribution in [3.63, 3.8) is 0 Å². The van der Waals surface area contributed by atoms with Gasteiger partial charge in [-0.3, -0.25) is 19.3 Å². The maximum absolute atomic E-state index is 12.9. The first-order valence-corrected chi connectivity index (χ1v) is 11.4. The van der Waals surface area contributed by atoms with Crippen LogP contribution in [0.3, 0.4) is 0 Å². The highest BCUT2D eigenvalue weighted by Gasteiger charge is 2.41. The average molecular weight is 454 g/mol. The minimum absolute atomic E-state index is 0.0743. The van der Waals surface area contributed by atoms with Crippen LogP contribution in [0.25, 0.3) is 0 Å². The third-order valence-electron chi connectivity index (χ3n) is 4.99. The number of halogens is 1. The summed E-state index contributed by atoms with van der Waals surface area (Å²) in [6, 6.07) is 6.60. The molecule has 1 fully saturated rings. The summed E-state index contributed by atoms with van der Waals surface area (Å²) in [7, 11) is -2.50. The number of nitrogens with one attached hydrogen (secondary N) is 1. The number of hydrogen-bond acceptors (Lipinski definition) is 6. The van der Waals surface area contributed by atoms with Crippen LogP contribution in [-0.4, -0.2) is 55.0 Å². The molecule has 2 aromatic rings. The normalized spacial score (nSPS) is 19.7. The molecule has 1 saturated heterocycles. The molecule has 2 aliphatic heterocycles. The quantitative estimate of drug-likeness (QED) is 0.716. The lowest BCUT2D eigenvalue weighted by atomic mass is 10.1. The van der Waals surface area contributed by atoms with Crippen LogP contribution in [0.15, 0.2) is 34.5 Å². The molecule has 1 N–H and O–H groups in total. The average Bonchev–Trinajstić information content (AvgIpc) is 3.39. The van der Waals surface area contributed by atoms with E-state index in [0.717, 1.165) is 20.5 Å². The van der Waals surface area contributed by atoms with E-state index in [0.29, 0.717) is 17.2 Å². The van der Waals surface area contributed by atoms with Gasteiger partial charge in [-0.15, -0.1) is 11.3 Å². The number of rotatable bonds is 4. The molecule has 4 rings (SSSR count). The van der Waals surface area contributed by atoms with Crippen molar-refractivity contribution < 1.29 is 22.8 Å². The molecule has 11 heteroatoms. The molecule has 1 unspecified atom stereocenters. The van der Waals surface area contributed by atoms with Gasteiger partial charge in [-0.2, -0.15) is 4.31 Å². The lowest BCUT2D eigenvalue weighted by Gasteiger charge is -2.23. The molecule has 1 atom stereocenters. The van der Waals surface area contributed by atoms with Crippen LogP contribution < -0.4 is 5.32 Å². The number of fused-ring (bicyclic) bond motifs is 1. The standard InChI is InChI=1S/C18H16ClN3O5S2/c1-21-17(24)10-4-2-5-11(15(10)18(21)25)20-16(23)12-6-3-9-22(12)29(26,27)14-8-7-13(19)28-14/h2,4-5,7-8,12H,3,6,9H2,1H3,(H,20,23). The molecule has 152 valence electrons. The molecule has 0 saturated carbocycles. The summed E-state index contributed by atoms with van der Waals surface area (Å²) in [5, 5.41) is 2.65. The molecule has 0 spiro atoms. The Morgan fingerprint density at radius 2 is 1.97 bits per heavy atom. The minimum Gasteiger partial charge on any atom is -0.324 e. The van der Waals surface area contributed by atoms with E-state index in [1.807, 2.05) is 0 Å². The van der Waals surface area contributed by atoms with Gasteiger partial charge in [0.1, 0.15) is 10.3 Å². The van der Waals surface area contributed by atoms with Gasteiger partial charge in [-0.05, 0) is 37.1 Å². The summed E-state index contributed by atoms with van der Waals surface area (Å²) in [6.07, 6.45) is 0.884. The molecule has 0 bridgehead atoms. The predicted molar refractivity (Wildman–Crippen MR) is 108 cm³/mol. The Balaban J connectivity index is 1.62. The SMILES string of the molecule is CN1C(=O)c2cccc(NC(=O)C3CCCN3S(=O)(=O)c3ccc(Cl)s3)c2C1=O. The Labute approximate surface area is 176 Å². The largest absolute Gasteiger partial charge is 0.324 e. The summed E-state index contributed by atoms with van der Waals surface area (Å²) < 4.78 is 27.4. The number of hydrogen-bond donors (Lipinski definition) is 1. The molecule has 1 aromatic carbocycles. The molecule has 8 nitrogen and oxygen atoms in total. The highest BCUT2D eigenvalue weighted by atomic mass is 35.5. The first-order chi connectivity index (χ1) is 13.7. The maximum Gasteiger partial charge on any atom is 0.263 e. The second kappa shape index (κ2) is 7.21. The summed E-state index contributed by atoms with van der Waals surface area (Å²) >= 11 is 6.80. The molecule has 1 aromatic heterocycles. The fourth-order valence-electron chi connectivity index (χ4n) is 3.56. The topological polar surface area (TPSA) is 104 Å². The van der Waals surface area contributed by atoms with Gasteiger partial charge in [0.15, 0.2) is 0 Å². The molecular formula is C18H16ClN3O5S2. The van der Waals surface area contributed by atoms with Crippen molar-refractivity contribution in [1.82, 2.24) is 9.21 Å². The molecule has 2 aliphatic rings. The number of sulfonamides is 1. The van der Waals surface area contributed by atoms with E-state index in [-0.39, 0.29) is 27.6 Å². The Kier molecular flexibility index (Phi) is 4.97. The fraction of sp³-hybridized carbons (Fsp3) is 0.278. The summed E-state index contributed by atoms with van der Waals surface area (Å²) in [5.41, 5.74) is 0.517. The third-order valence-corrected chi connectivity index (χ3v) is 8.60. The van der Waals surface area contributed by atoms with E-state index in [9.17, 15) is 22.8 Å². The van der Waals surface area contributed by atoms with Gasteiger partial charge in [0, 0.05) is 13.6 Å². The van der Waals surface area contributed by atoms with E-state index >= 15 is 0 Å². The lowest BCUT2D eigenvalue weighted by molar-refractivity contribution is -0.119. The van der Waals surface area contributed by atoms with Crippen molar-refractivity contribution in [2.24, 2.45) is 0 Å². The second-order valence-corrected chi connectivity index (χ2v) is 10.6. The molecular weight excluding hydrogens is 438 g/mol. The number of nitrogens with zero attached hydrogens (tertiary/aromatic N) is 2. The van der Waals surface area contributed by atoms with Crippen LogP contribution in [-0.2, 0) is 14.8 Å². The number of carbonyl (C=O) groups excluding carboxylic acids is 3. The van der Waals surface area contributed by atoms with Crippen molar-refractivity contribution in [3.8, 4) is 0 Å². The number of benzene rings is 1. The van der Waals surface area contributed by atoms with Gasteiger partial charge >= 0.3 is 0 Å². The van der Waals surface area contributed by atoms with Crippen LogP contribution in [0, 0.1) is 0 Å². The predicted octanol–water partition coefficient (Wildman–Crippen LogP) is 2.42. The Morgan fingerprint density at radius 3 is 2.66 bits per heavy atom. The number of imide groups is 1. The summed E-state index contributed by atoms with van der Waals surface area (Å²) in [6.45, 7) is 0.211. The van der Waals surface area contributed by atoms with E-state index < -0.39 is 33.8 Å². The van der Waals surface area contributed by atoms with Crippen LogP contribution in [0.4, 0.5) is 5.69 Å². The molecule has 3 amide bonds. The van der Waals surface area contributed by atoms with E-state index in [2.05, 4.69) is 5.32 Å². The number of anilines is 1. The van der Waals surface area contributed by atoms with Gasteiger partial charge in [0.2, 0.25) is 5.91 Å². The highest BCUT2D eigenvalue weighted by Crippen LogP contribution is 2.33. The highest BCUT2D eigenvalue weighted by molar-refractivity contribution is 7.91. The second-order valence-electron chi connectivity index (χ2n) is 6.72. The fourth-order valence-corrected chi connectivity index (χ4v) is 6.83. The number of thiophene rings is 1. The molecule has 0 radical (unpaired) electrons. The van der Waals surface area contributed by atoms with Crippen LogP contribution in [0.5, 0.6) is 0 Å². The third kappa shape index (κ3) is 3.25. The zero-order chi connectivity index (χ0) is 20.9. The van der Waals surface area contributed by atoms with Crippen molar-refractivity contribution in [1.29, 1.82) is 0 Å². The number of carbonyl (C=O) groups is 3. The van der Waals surface area contributed by atoms with Crippen LogP contribution in [0.1, 0.15) is 33.6 Å². The smallest absolute Gasteiger partial charge is 0.263 e. The van der Waals surface area contributed by atoms with Crippen molar-refractivity contribution in [2.45, 2.75) is 23.1 Å². The van der Waals surface area contributed by atoms with Gasteiger partial charge in [0.05, 0.1) is 21.2 Å². The first-order valence-electron chi connectivity index (χ1n) is 8.75. The summed E-state index contributed by atoms with van der Waals surface area (Å²) in [5.74, 6) is -1.50. The van der Waals surface area contributed by atoms with Crippen molar-refractivity contribution in [3.05, 3.63) is 45.8 Å². The van der Waals surface area contributed by atoms with Crippen LogP contribution in [0.2, 0.25) is 4.34 Å². The van der Waals surface area contributed by atoms with Crippen LogP contribution >= 0.6 is 22.9 Å². The van der Waals surface area contributed by atoms with E-state index in [4.69, 9.17) is 11.6 Å². The van der Waals surface area contributed by atoms with Gasteiger partial charge in [-0.1, -0.05) is 17.7 Å². The maximum atomic E-state index is 12.9. The molecule has 0 aliphatic carbocycles. The van der Waals surface area contributed by atoms with Gasteiger partial charge in [-0.25, -0.2) is 8.42 Å². The lowest BCUT2D eigenvalue weighted by Crippen LogP contribution is -2.43. The zero-order valence-electron chi connectivity index (χ0n) is 15.2. The summed E-state index contributed by atoms with van der Waals surface area (Å²) in [4.78, 5) is 38.4. The van der Waals surface area contributed by atoms with E-state index in [1.54, 1.807) is 6.07 Å². The van der Waals surface area contributed by atoms with Gasteiger partial charge < -0.3 is 5.32 Å². The van der Waals surface area contributed by atoms with Crippen molar-refractivity contribution in [2.75, 3.05) is 18.9 Å². The first kappa shape index (κ1) is 20.0. The molecule has 29 heavy (non-hydrogen) atoms. The Bertz CT molecular complexity index is 1140. The molecule has 3 heterocycles. The number of amides is 3. The Morgan fingerprint density at radius 1 is 1.21 bits per heavy atom. The van der Waals surface area contributed by atoms with Crippen molar-refractivity contribution >= 4 is 56.4 Å². The zero-order valence-corrected chi connectivity index (χ0v) is 17.6. The minimum atomic E-state index is -3.87.